The van der Waals surface area contributed by atoms with Crippen molar-refractivity contribution in [1.82, 2.24) is 4.90 Å². The lowest BCUT2D eigenvalue weighted by Crippen LogP contribution is -2.44. The molecule has 0 spiro atoms. The van der Waals surface area contributed by atoms with E-state index < -0.39 is 0 Å². The van der Waals surface area contributed by atoms with Crippen LogP contribution in [0.4, 0.5) is 4.39 Å². The Labute approximate surface area is 126 Å². The molecule has 0 saturated heterocycles. The van der Waals surface area contributed by atoms with Gasteiger partial charge in [-0.3, -0.25) is 4.79 Å². The lowest BCUT2D eigenvalue weighted by atomic mass is 9.93. The Kier molecular flexibility index (Phi) is 4.85. The lowest BCUT2D eigenvalue weighted by molar-refractivity contribution is 0.0699. The van der Waals surface area contributed by atoms with Crippen LogP contribution in [-0.4, -0.2) is 29.3 Å². The Hall–Kier alpha value is -0.610. The summed E-state index contributed by atoms with van der Waals surface area (Å²) >= 11 is 9.54. The van der Waals surface area contributed by atoms with Crippen LogP contribution in [0.3, 0.4) is 0 Å². The van der Waals surface area contributed by atoms with Crippen LogP contribution in [0.5, 0.6) is 0 Å². The Morgan fingerprint density at radius 2 is 2.11 bits per heavy atom. The normalized spacial score (nSPS) is 23.2. The number of carbonyl (C=O) groups is 1. The standard InChI is InChI=1S/C14H16BrClFNO/c1-18(13-5-3-2-4-12(13)16)14(19)10-7-6-9(17)8-11(10)15/h6-8,12-13H,2-5H2,1H3. The summed E-state index contributed by atoms with van der Waals surface area (Å²) in [6.45, 7) is 0. The maximum atomic E-state index is 13.1. The fourth-order valence-electron chi connectivity index (χ4n) is 2.51. The van der Waals surface area contributed by atoms with Gasteiger partial charge in [-0.15, -0.1) is 11.6 Å². The zero-order chi connectivity index (χ0) is 14.0. The number of hydrogen-bond acceptors (Lipinski definition) is 1. The number of rotatable bonds is 2. The van der Waals surface area contributed by atoms with Crippen LogP contribution in [0, 0.1) is 5.82 Å². The number of amides is 1. The molecule has 0 bridgehead atoms. The Morgan fingerprint density at radius 3 is 2.74 bits per heavy atom. The summed E-state index contributed by atoms with van der Waals surface area (Å²) < 4.78 is 13.5. The summed E-state index contributed by atoms with van der Waals surface area (Å²) in [6.07, 6.45) is 4.08. The van der Waals surface area contributed by atoms with Gasteiger partial charge in [0.05, 0.1) is 10.9 Å². The summed E-state index contributed by atoms with van der Waals surface area (Å²) in [6, 6.07) is 4.16. The van der Waals surface area contributed by atoms with E-state index in [1.807, 2.05) is 0 Å². The second-order valence-corrected chi connectivity index (χ2v) is 6.32. The molecule has 2 unspecified atom stereocenters. The van der Waals surface area contributed by atoms with E-state index in [1.54, 1.807) is 11.9 Å². The lowest BCUT2D eigenvalue weighted by Gasteiger charge is -2.35. The van der Waals surface area contributed by atoms with E-state index in [2.05, 4.69) is 15.9 Å². The van der Waals surface area contributed by atoms with Crippen molar-refractivity contribution in [1.29, 1.82) is 0 Å². The molecule has 2 atom stereocenters. The second-order valence-electron chi connectivity index (χ2n) is 4.91. The first-order valence-corrected chi connectivity index (χ1v) is 7.60. The van der Waals surface area contributed by atoms with Crippen molar-refractivity contribution in [3.05, 3.63) is 34.1 Å². The first-order chi connectivity index (χ1) is 9.00. The number of alkyl halides is 1. The molecule has 0 N–H and O–H groups in total. The highest BCUT2D eigenvalue weighted by molar-refractivity contribution is 9.10. The summed E-state index contributed by atoms with van der Waals surface area (Å²) in [4.78, 5) is 14.1. The van der Waals surface area contributed by atoms with Gasteiger partial charge in [0.1, 0.15) is 5.82 Å². The van der Waals surface area contributed by atoms with Crippen molar-refractivity contribution in [3.8, 4) is 0 Å². The summed E-state index contributed by atoms with van der Waals surface area (Å²) in [5.41, 5.74) is 0.471. The number of nitrogens with zero attached hydrogens (tertiary/aromatic N) is 1. The third-order valence-corrected chi connectivity index (χ3v) is 4.79. The highest BCUT2D eigenvalue weighted by atomic mass is 79.9. The van der Waals surface area contributed by atoms with Gasteiger partial charge in [-0.1, -0.05) is 12.8 Å². The van der Waals surface area contributed by atoms with Crippen molar-refractivity contribution in [3.63, 3.8) is 0 Å². The van der Waals surface area contributed by atoms with Crippen LogP contribution >= 0.6 is 27.5 Å². The van der Waals surface area contributed by atoms with Gasteiger partial charge in [-0.2, -0.15) is 0 Å². The average molecular weight is 349 g/mol. The predicted octanol–water partition coefficient (Wildman–Crippen LogP) is 4.21. The van der Waals surface area contributed by atoms with Crippen molar-refractivity contribution in [2.45, 2.75) is 37.1 Å². The van der Waals surface area contributed by atoms with Crippen LogP contribution < -0.4 is 0 Å². The highest BCUT2D eigenvalue weighted by Crippen LogP contribution is 2.28. The van der Waals surface area contributed by atoms with Gasteiger partial charge in [0, 0.05) is 17.6 Å². The van der Waals surface area contributed by atoms with E-state index in [4.69, 9.17) is 11.6 Å². The molecule has 0 heterocycles. The zero-order valence-electron chi connectivity index (χ0n) is 10.7. The summed E-state index contributed by atoms with van der Waals surface area (Å²) in [5.74, 6) is -0.483. The van der Waals surface area contributed by atoms with Gasteiger partial charge < -0.3 is 4.90 Å². The molecule has 1 aliphatic rings. The molecule has 1 aliphatic carbocycles. The van der Waals surface area contributed by atoms with E-state index >= 15 is 0 Å². The molecule has 1 fully saturated rings. The van der Waals surface area contributed by atoms with Crippen LogP contribution in [-0.2, 0) is 0 Å². The third-order valence-electron chi connectivity index (χ3n) is 3.63. The largest absolute Gasteiger partial charge is 0.337 e. The van der Waals surface area contributed by atoms with Gasteiger partial charge in [0.25, 0.3) is 5.91 Å². The first-order valence-electron chi connectivity index (χ1n) is 6.37. The molecular weight excluding hydrogens is 333 g/mol. The van der Waals surface area contributed by atoms with Crippen molar-refractivity contribution < 1.29 is 9.18 Å². The Bertz CT molecular complexity index is 483. The minimum atomic E-state index is -0.362. The van der Waals surface area contributed by atoms with E-state index in [1.165, 1.54) is 18.2 Å². The van der Waals surface area contributed by atoms with Gasteiger partial charge >= 0.3 is 0 Å². The first kappa shape index (κ1) is 14.8. The molecule has 1 amide bonds. The minimum absolute atomic E-state index is 0.00178. The maximum absolute atomic E-state index is 13.1. The second kappa shape index (κ2) is 6.23. The average Bonchev–Trinajstić information content (AvgIpc) is 2.38. The quantitative estimate of drug-likeness (QED) is 0.733. The molecular formula is C14H16BrClFNO. The summed E-state index contributed by atoms with van der Waals surface area (Å²) in [5, 5.41) is 0.00178. The van der Waals surface area contributed by atoms with Crippen LogP contribution in [0.1, 0.15) is 36.0 Å². The number of hydrogen-bond donors (Lipinski definition) is 0. The van der Waals surface area contributed by atoms with E-state index in [9.17, 15) is 9.18 Å². The minimum Gasteiger partial charge on any atom is -0.337 e. The molecule has 19 heavy (non-hydrogen) atoms. The van der Waals surface area contributed by atoms with Crippen molar-refractivity contribution in [2.75, 3.05) is 7.05 Å². The zero-order valence-corrected chi connectivity index (χ0v) is 13.0. The number of halogens is 3. The fourth-order valence-corrected chi connectivity index (χ4v) is 3.48. The number of benzene rings is 1. The van der Waals surface area contributed by atoms with E-state index in [0.717, 1.165) is 25.7 Å². The molecule has 1 aromatic carbocycles. The summed E-state index contributed by atoms with van der Waals surface area (Å²) in [7, 11) is 1.77. The molecule has 0 radical (unpaired) electrons. The molecule has 0 aromatic heterocycles. The Balaban J connectivity index is 2.18. The fraction of sp³-hybridized carbons (Fsp3) is 0.500. The highest BCUT2D eigenvalue weighted by Gasteiger charge is 2.30. The predicted molar refractivity (Wildman–Crippen MR) is 78.1 cm³/mol. The van der Waals surface area contributed by atoms with Gasteiger partial charge in [0.2, 0.25) is 0 Å². The molecule has 1 saturated carbocycles. The van der Waals surface area contributed by atoms with Crippen molar-refractivity contribution in [2.24, 2.45) is 0 Å². The van der Waals surface area contributed by atoms with Gasteiger partial charge in [0.15, 0.2) is 0 Å². The van der Waals surface area contributed by atoms with Crippen LogP contribution in [0.15, 0.2) is 22.7 Å². The molecule has 2 rings (SSSR count). The van der Waals surface area contributed by atoms with Crippen molar-refractivity contribution >= 4 is 33.4 Å². The van der Waals surface area contributed by atoms with Gasteiger partial charge in [-0.25, -0.2) is 4.39 Å². The molecule has 1 aromatic rings. The monoisotopic (exact) mass is 347 g/mol. The van der Waals surface area contributed by atoms with E-state index in [0.29, 0.717) is 10.0 Å². The Morgan fingerprint density at radius 1 is 1.42 bits per heavy atom. The molecule has 0 aliphatic heterocycles. The number of carbonyl (C=O) groups excluding carboxylic acids is 1. The molecule has 2 nitrogen and oxygen atoms in total. The topological polar surface area (TPSA) is 20.3 Å². The molecule has 5 heteroatoms. The maximum Gasteiger partial charge on any atom is 0.255 e. The van der Waals surface area contributed by atoms with Gasteiger partial charge in [-0.05, 0) is 47.0 Å². The van der Waals surface area contributed by atoms with Crippen LogP contribution in [0.25, 0.3) is 0 Å². The molecule has 104 valence electrons. The third kappa shape index (κ3) is 3.29. The van der Waals surface area contributed by atoms with Crippen LogP contribution in [0.2, 0.25) is 0 Å². The smallest absolute Gasteiger partial charge is 0.255 e. The SMILES string of the molecule is CN(C(=O)c1ccc(F)cc1Br)C1CCCCC1Cl. The van der Waals surface area contributed by atoms with E-state index in [-0.39, 0.29) is 23.1 Å².